The Balaban J connectivity index is 2.12. The van der Waals surface area contributed by atoms with Crippen LogP contribution in [0.15, 0.2) is 30.3 Å². The van der Waals surface area contributed by atoms with Crippen LogP contribution in [0.4, 0.5) is 0 Å². The minimum Gasteiger partial charge on any atom is -0.492 e. The van der Waals surface area contributed by atoms with E-state index in [0.717, 1.165) is 18.7 Å². The number of ether oxygens (including phenoxy) is 1. The molecule has 1 unspecified atom stereocenters. The van der Waals surface area contributed by atoms with Crippen LogP contribution in [0.25, 0.3) is 0 Å². The van der Waals surface area contributed by atoms with Gasteiger partial charge in [0.2, 0.25) is 0 Å². The zero-order chi connectivity index (χ0) is 13.4. The molecular weight excluding hydrogens is 226 g/mol. The Kier molecular flexibility index (Phi) is 6.16. The van der Waals surface area contributed by atoms with Crippen molar-refractivity contribution in [3.8, 4) is 5.75 Å². The van der Waals surface area contributed by atoms with Gasteiger partial charge in [-0.3, -0.25) is 0 Å². The van der Waals surface area contributed by atoms with Crippen LogP contribution in [-0.4, -0.2) is 30.4 Å². The lowest BCUT2D eigenvalue weighted by Crippen LogP contribution is -2.40. The Morgan fingerprint density at radius 2 is 1.94 bits per heavy atom. The first kappa shape index (κ1) is 15.0. The van der Waals surface area contributed by atoms with Gasteiger partial charge in [-0.05, 0) is 31.4 Å². The highest BCUT2D eigenvalue weighted by Crippen LogP contribution is 2.14. The first-order chi connectivity index (χ1) is 8.49. The lowest BCUT2D eigenvalue weighted by molar-refractivity contribution is 0.0380. The molecular formula is C15H25NO2. The summed E-state index contributed by atoms with van der Waals surface area (Å²) in [5, 5.41) is 13.3. The molecule has 0 fully saturated rings. The van der Waals surface area contributed by atoms with E-state index >= 15 is 0 Å². The highest BCUT2D eigenvalue weighted by molar-refractivity contribution is 5.20. The van der Waals surface area contributed by atoms with Crippen molar-refractivity contribution < 1.29 is 9.84 Å². The van der Waals surface area contributed by atoms with Gasteiger partial charge in [0, 0.05) is 13.1 Å². The summed E-state index contributed by atoms with van der Waals surface area (Å²) in [6.45, 7) is 8.06. The van der Waals surface area contributed by atoms with Gasteiger partial charge in [-0.2, -0.15) is 0 Å². The molecule has 1 aromatic rings. The SMILES string of the molecule is CC(C)CC(C)(O)CNCCOc1ccccc1. The summed E-state index contributed by atoms with van der Waals surface area (Å²) >= 11 is 0. The molecule has 1 aromatic carbocycles. The number of benzene rings is 1. The Labute approximate surface area is 110 Å². The highest BCUT2D eigenvalue weighted by atomic mass is 16.5. The Hall–Kier alpha value is -1.06. The van der Waals surface area contributed by atoms with E-state index in [0.29, 0.717) is 19.1 Å². The fourth-order valence-electron chi connectivity index (χ4n) is 2.07. The van der Waals surface area contributed by atoms with E-state index in [2.05, 4.69) is 19.2 Å². The molecule has 2 N–H and O–H groups in total. The van der Waals surface area contributed by atoms with Crippen LogP contribution in [-0.2, 0) is 0 Å². The molecule has 0 aliphatic heterocycles. The fraction of sp³-hybridized carbons (Fsp3) is 0.600. The summed E-state index contributed by atoms with van der Waals surface area (Å²) < 4.78 is 5.56. The average Bonchev–Trinajstić information content (AvgIpc) is 2.28. The van der Waals surface area contributed by atoms with E-state index in [1.165, 1.54) is 0 Å². The molecule has 0 radical (unpaired) electrons. The van der Waals surface area contributed by atoms with Crippen molar-refractivity contribution in [3.05, 3.63) is 30.3 Å². The van der Waals surface area contributed by atoms with Crippen molar-refractivity contribution in [3.63, 3.8) is 0 Å². The fourth-order valence-corrected chi connectivity index (χ4v) is 2.07. The molecule has 0 saturated carbocycles. The van der Waals surface area contributed by atoms with Crippen molar-refractivity contribution in [1.29, 1.82) is 0 Å². The molecule has 0 saturated heterocycles. The largest absolute Gasteiger partial charge is 0.492 e. The molecule has 0 amide bonds. The third-order valence-electron chi connectivity index (χ3n) is 2.64. The maximum absolute atomic E-state index is 10.1. The van der Waals surface area contributed by atoms with Gasteiger partial charge in [0.05, 0.1) is 5.60 Å². The van der Waals surface area contributed by atoms with Gasteiger partial charge in [0.25, 0.3) is 0 Å². The molecule has 0 heterocycles. The zero-order valence-electron chi connectivity index (χ0n) is 11.6. The molecule has 1 atom stereocenters. The standard InChI is InChI=1S/C15H25NO2/c1-13(2)11-15(3,17)12-16-9-10-18-14-7-5-4-6-8-14/h4-8,13,16-17H,9-12H2,1-3H3. The van der Waals surface area contributed by atoms with Gasteiger partial charge in [0.1, 0.15) is 12.4 Å². The monoisotopic (exact) mass is 251 g/mol. The summed E-state index contributed by atoms with van der Waals surface area (Å²) in [5.41, 5.74) is -0.638. The lowest BCUT2D eigenvalue weighted by Gasteiger charge is -2.25. The molecule has 3 nitrogen and oxygen atoms in total. The first-order valence-corrected chi connectivity index (χ1v) is 6.60. The van der Waals surface area contributed by atoms with Gasteiger partial charge in [-0.1, -0.05) is 32.0 Å². The topological polar surface area (TPSA) is 41.5 Å². The molecule has 102 valence electrons. The Morgan fingerprint density at radius 3 is 2.56 bits per heavy atom. The van der Waals surface area contributed by atoms with E-state index < -0.39 is 5.60 Å². The Morgan fingerprint density at radius 1 is 1.28 bits per heavy atom. The van der Waals surface area contributed by atoms with E-state index in [1.807, 2.05) is 37.3 Å². The minimum absolute atomic E-state index is 0.502. The molecule has 1 rings (SSSR count). The van der Waals surface area contributed by atoms with E-state index in [4.69, 9.17) is 4.74 Å². The number of rotatable bonds is 8. The van der Waals surface area contributed by atoms with Gasteiger partial charge < -0.3 is 15.2 Å². The molecule has 0 aromatic heterocycles. The number of hydrogen-bond acceptors (Lipinski definition) is 3. The number of aliphatic hydroxyl groups is 1. The van der Waals surface area contributed by atoms with Gasteiger partial charge >= 0.3 is 0 Å². The van der Waals surface area contributed by atoms with Crippen molar-refractivity contribution in [1.82, 2.24) is 5.32 Å². The van der Waals surface area contributed by atoms with Crippen molar-refractivity contribution in [2.75, 3.05) is 19.7 Å². The smallest absolute Gasteiger partial charge is 0.119 e. The van der Waals surface area contributed by atoms with E-state index in [1.54, 1.807) is 0 Å². The van der Waals surface area contributed by atoms with E-state index in [9.17, 15) is 5.11 Å². The molecule has 0 spiro atoms. The van der Waals surface area contributed by atoms with Crippen LogP contribution in [0, 0.1) is 5.92 Å². The number of hydrogen-bond donors (Lipinski definition) is 2. The molecule has 0 aliphatic carbocycles. The summed E-state index contributed by atoms with van der Waals surface area (Å²) in [4.78, 5) is 0. The molecule has 3 heteroatoms. The number of para-hydroxylation sites is 1. The van der Waals surface area contributed by atoms with Crippen LogP contribution in [0.5, 0.6) is 5.75 Å². The van der Waals surface area contributed by atoms with Crippen molar-refractivity contribution >= 4 is 0 Å². The van der Waals surface area contributed by atoms with Crippen molar-refractivity contribution in [2.24, 2.45) is 5.92 Å². The Bertz CT molecular complexity index is 323. The minimum atomic E-state index is -0.638. The van der Waals surface area contributed by atoms with Gasteiger partial charge in [-0.25, -0.2) is 0 Å². The first-order valence-electron chi connectivity index (χ1n) is 6.60. The maximum Gasteiger partial charge on any atom is 0.119 e. The van der Waals surface area contributed by atoms with Crippen LogP contribution in [0.1, 0.15) is 27.2 Å². The summed E-state index contributed by atoms with van der Waals surface area (Å²) in [6.07, 6.45) is 0.805. The predicted molar refractivity (Wildman–Crippen MR) is 74.9 cm³/mol. The van der Waals surface area contributed by atoms with Crippen molar-refractivity contribution in [2.45, 2.75) is 32.8 Å². The van der Waals surface area contributed by atoms with Crippen LogP contribution < -0.4 is 10.1 Å². The van der Waals surface area contributed by atoms with Crippen LogP contribution in [0.3, 0.4) is 0 Å². The third kappa shape index (κ3) is 6.62. The number of nitrogens with one attached hydrogen (secondary N) is 1. The maximum atomic E-state index is 10.1. The quantitative estimate of drug-likeness (QED) is 0.697. The molecule has 18 heavy (non-hydrogen) atoms. The molecule has 0 bridgehead atoms. The summed E-state index contributed by atoms with van der Waals surface area (Å²) in [7, 11) is 0. The second-order valence-corrected chi connectivity index (χ2v) is 5.43. The summed E-state index contributed by atoms with van der Waals surface area (Å²) in [5.74, 6) is 1.38. The van der Waals surface area contributed by atoms with Crippen LogP contribution in [0.2, 0.25) is 0 Å². The average molecular weight is 251 g/mol. The lowest BCUT2D eigenvalue weighted by atomic mass is 9.94. The van der Waals surface area contributed by atoms with Gasteiger partial charge in [-0.15, -0.1) is 0 Å². The zero-order valence-corrected chi connectivity index (χ0v) is 11.6. The summed E-state index contributed by atoms with van der Waals surface area (Å²) in [6, 6.07) is 9.75. The van der Waals surface area contributed by atoms with Crippen LogP contribution >= 0.6 is 0 Å². The second kappa shape index (κ2) is 7.39. The highest BCUT2D eigenvalue weighted by Gasteiger charge is 2.20. The van der Waals surface area contributed by atoms with E-state index in [-0.39, 0.29) is 0 Å². The normalized spacial score (nSPS) is 14.5. The van der Waals surface area contributed by atoms with Gasteiger partial charge in [0.15, 0.2) is 0 Å². The molecule has 0 aliphatic rings. The predicted octanol–water partition coefficient (Wildman–Crippen LogP) is 2.45. The third-order valence-corrected chi connectivity index (χ3v) is 2.64. The second-order valence-electron chi connectivity index (χ2n) is 5.43.